The summed E-state index contributed by atoms with van der Waals surface area (Å²) < 4.78 is 2.10. The van der Waals surface area contributed by atoms with Crippen molar-refractivity contribution in [2.45, 2.75) is 52.6 Å². The molecule has 1 aromatic rings. The molecule has 0 bridgehead atoms. The molecule has 0 unspecified atom stereocenters. The van der Waals surface area contributed by atoms with Crippen LogP contribution in [-0.4, -0.2) is 22.2 Å². The zero-order valence-corrected chi connectivity index (χ0v) is 12.3. The van der Waals surface area contributed by atoms with Crippen molar-refractivity contribution >= 4 is 11.6 Å². The molecule has 0 aromatic carbocycles. The first-order valence-electron chi connectivity index (χ1n) is 7.05. The second kappa shape index (κ2) is 6.07. The number of alkyl halides is 1. The molecule has 1 fully saturated rings. The van der Waals surface area contributed by atoms with E-state index >= 15 is 0 Å². The Balaban J connectivity index is 1.84. The first-order valence-corrected chi connectivity index (χ1v) is 7.59. The molecule has 1 heterocycles. The second-order valence-corrected chi connectivity index (χ2v) is 5.72. The Morgan fingerprint density at radius 1 is 1.44 bits per heavy atom. The largest absolute Gasteiger partial charge is 0.311 e. The molecule has 2 rings (SSSR count). The highest BCUT2D eigenvalue weighted by Crippen LogP contribution is 2.48. The van der Waals surface area contributed by atoms with Crippen molar-refractivity contribution in [1.29, 1.82) is 0 Å². The fourth-order valence-electron chi connectivity index (χ4n) is 2.45. The fourth-order valence-corrected chi connectivity index (χ4v) is 2.85. The van der Waals surface area contributed by atoms with Crippen LogP contribution in [0.2, 0.25) is 0 Å². The van der Waals surface area contributed by atoms with Crippen molar-refractivity contribution in [3.63, 3.8) is 0 Å². The zero-order chi connectivity index (χ0) is 13.0. The third kappa shape index (κ3) is 3.27. The minimum atomic E-state index is 0.506. The van der Waals surface area contributed by atoms with Crippen LogP contribution >= 0.6 is 11.6 Å². The lowest BCUT2D eigenvalue weighted by molar-refractivity contribution is 0.438. The summed E-state index contributed by atoms with van der Waals surface area (Å²) in [4.78, 5) is 0. The predicted octanol–water partition coefficient (Wildman–Crippen LogP) is 2.96. The van der Waals surface area contributed by atoms with Gasteiger partial charge in [-0.1, -0.05) is 6.92 Å². The summed E-state index contributed by atoms with van der Waals surface area (Å²) in [5, 5.41) is 8.15. The highest BCUT2D eigenvalue weighted by atomic mass is 35.5. The molecule has 4 heteroatoms. The van der Waals surface area contributed by atoms with Gasteiger partial charge >= 0.3 is 0 Å². The lowest BCUT2D eigenvalue weighted by atomic mass is 10.0. The Labute approximate surface area is 115 Å². The number of hydrogen-bond donors (Lipinski definition) is 1. The standard InChI is InChI=1S/C14H24ClN3/c1-3-12-9-13(18(4-2)17-12)10-16-11-14(5-6-14)7-8-15/h9,16H,3-8,10-11H2,1-2H3. The van der Waals surface area contributed by atoms with E-state index in [2.05, 4.69) is 35.0 Å². The van der Waals surface area contributed by atoms with Crippen LogP contribution in [0.1, 0.15) is 44.5 Å². The van der Waals surface area contributed by atoms with Gasteiger partial charge in [-0.25, -0.2) is 0 Å². The number of nitrogens with one attached hydrogen (secondary N) is 1. The third-order valence-electron chi connectivity index (χ3n) is 3.96. The maximum absolute atomic E-state index is 5.85. The summed E-state index contributed by atoms with van der Waals surface area (Å²) in [6.45, 7) is 7.26. The van der Waals surface area contributed by atoms with Crippen LogP contribution in [0.4, 0.5) is 0 Å². The van der Waals surface area contributed by atoms with Crippen LogP contribution in [0.5, 0.6) is 0 Å². The molecule has 1 aliphatic rings. The Morgan fingerprint density at radius 2 is 2.22 bits per heavy atom. The lowest BCUT2D eigenvalue weighted by Crippen LogP contribution is -2.25. The van der Waals surface area contributed by atoms with E-state index in [0.717, 1.165) is 38.4 Å². The topological polar surface area (TPSA) is 29.9 Å². The SMILES string of the molecule is CCc1cc(CNCC2(CCCl)CC2)n(CC)n1. The van der Waals surface area contributed by atoms with Gasteiger partial charge in [-0.3, -0.25) is 4.68 Å². The van der Waals surface area contributed by atoms with E-state index in [1.54, 1.807) is 0 Å². The monoisotopic (exact) mass is 269 g/mol. The minimum absolute atomic E-state index is 0.506. The first-order chi connectivity index (χ1) is 8.73. The van der Waals surface area contributed by atoms with Crippen molar-refractivity contribution < 1.29 is 0 Å². The average molecular weight is 270 g/mol. The van der Waals surface area contributed by atoms with Crippen LogP contribution in [0.25, 0.3) is 0 Å². The summed E-state index contributed by atoms with van der Waals surface area (Å²) in [5.74, 6) is 0.786. The number of aryl methyl sites for hydroxylation is 2. The van der Waals surface area contributed by atoms with Crippen LogP contribution < -0.4 is 5.32 Å². The average Bonchev–Trinajstić information content (AvgIpc) is 3.01. The Morgan fingerprint density at radius 3 is 2.78 bits per heavy atom. The molecule has 1 saturated carbocycles. The second-order valence-electron chi connectivity index (χ2n) is 5.34. The molecule has 102 valence electrons. The molecular formula is C14H24ClN3. The summed E-state index contributed by atoms with van der Waals surface area (Å²) in [5.41, 5.74) is 3.00. The van der Waals surface area contributed by atoms with Gasteiger partial charge in [0.05, 0.1) is 11.4 Å². The Bertz CT molecular complexity index is 382. The number of rotatable bonds is 8. The Kier molecular flexibility index (Phi) is 4.68. The zero-order valence-electron chi connectivity index (χ0n) is 11.5. The van der Waals surface area contributed by atoms with Crippen molar-refractivity contribution in [3.8, 4) is 0 Å². The molecule has 0 aliphatic heterocycles. The van der Waals surface area contributed by atoms with E-state index in [9.17, 15) is 0 Å². The third-order valence-corrected chi connectivity index (χ3v) is 4.15. The van der Waals surface area contributed by atoms with Gasteiger partial charge in [0.2, 0.25) is 0 Å². The number of aromatic nitrogens is 2. The molecule has 0 spiro atoms. The normalized spacial score (nSPS) is 17.1. The van der Waals surface area contributed by atoms with Gasteiger partial charge in [0.1, 0.15) is 0 Å². The maximum atomic E-state index is 5.85. The van der Waals surface area contributed by atoms with Gasteiger partial charge in [0, 0.05) is 25.5 Å². The number of halogens is 1. The van der Waals surface area contributed by atoms with Gasteiger partial charge in [0.25, 0.3) is 0 Å². The van der Waals surface area contributed by atoms with Crippen LogP contribution in [-0.2, 0) is 19.5 Å². The van der Waals surface area contributed by atoms with Crippen molar-refractivity contribution in [2.24, 2.45) is 5.41 Å². The molecule has 18 heavy (non-hydrogen) atoms. The van der Waals surface area contributed by atoms with Crippen LogP contribution in [0, 0.1) is 5.41 Å². The fraction of sp³-hybridized carbons (Fsp3) is 0.786. The quantitative estimate of drug-likeness (QED) is 0.736. The van der Waals surface area contributed by atoms with Crippen molar-refractivity contribution in [1.82, 2.24) is 15.1 Å². The van der Waals surface area contributed by atoms with Gasteiger partial charge in [-0.05, 0) is 44.1 Å². The molecule has 0 radical (unpaired) electrons. The van der Waals surface area contributed by atoms with E-state index in [0.29, 0.717) is 5.41 Å². The molecule has 0 amide bonds. The molecule has 3 nitrogen and oxygen atoms in total. The number of hydrogen-bond acceptors (Lipinski definition) is 2. The Hall–Kier alpha value is -0.540. The van der Waals surface area contributed by atoms with Gasteiger partial charge in [0.15, 0.2) is 0 Å². The summed E-state index contributed by atoms with van der Waals surface area (Å²) in [6, 6.07) is 2.22. The van der Waals surface area contributed by atoms with E-state index in [1.165, 1.54) is 24.2 Å². The predicted molar refractivity (Wildman–Crippen MR) is 76.0 cm³/mol. The molecule has 0 saturated heterocycles. The van der Waals surface area contributed by atoms with E-state index in [-0.39, 0.29) is 0 Å². The number of nitrogens with zero attached hydrogens (tertiary/aromatic N) is 2. The molecule has 0 atom stereocenters. The highest BCUT2D eigenvalue weighted by Gasteiger charge is 2.41. The van der Waals surface area contributed by atoms with Crippen LogP contribution in [0.3, 0.4) is 0 Å². The minimum Gasteiger partial charge on any atom is -0.311 e. The van der Waals surface area contributed by atoms with Crippen molar-refractivity contribution in [2.75, 3.05) is 12.4 Å². The maximum Gasteiger partial charge on any atom is 0.0625 e. The van der Waals surface area contributed by atoms with Gasteiger partial charge in [-0.15, -0.1) is 11.6 Å². The highest BCUT2D eigenvalue weighted by molar-refractivity contribution is 6.17. The summed E-state index contributed by atoms with van der Waals surface area (Å²) in [7, 11) is 0. The molecular weight excluding hydrogens is 246 g/mol. The molecule has 1 aromatic heterocycles. The smallest absolute Gasteiger partial charge is 0.0625 e. The van der Waals surface area contributed by atoms with E-state index in [4.69, 9.17) is 11.6 Å². The molecule has 1 aliphatic carbocycles. The first kappa shape index (κ1) is 13.9. The molecule has 1 N–H and O–H groups in total. The summed E-state index contributed by atoms with van der Waals surface area (Å²) >= 11 is 5.85. The lowest BCUT2D eigenvalue weighted by Gasteiger charge is -2.14. The van der Waals surface area contributed by atoms with Crippen molar-refractivity contribution in [3.05, 3.63) is 17.5 Å². The summed E-state index contributed by atoms with van der Waals surface area (Å²) in [6.07, 6.45) is 4.82. The van der Waals surface area contributed by atoms with E-state index < -0.39 is 0 Å². The van der Waals surface area contributed by atoms with E-state index in [1.807, 2.05) is 0 Å². The van der Waals surface area contributed by atoms with Gasteiger partial charge in [-0.2, -0.15) is 5.10 Å². The van der Waals surface area contributed by atoms with Gasteiger partial charge < -0.3 is 5.32 Å². The van der Waals surface area contributed by atoms with Crippen LogP contribution in [0.15, 0.2) is 6.07 Å².